The highest BCUT2D eigenvalue weighted by atomic mass is 16.5. The summed E-state index contributed by atoms with van der Waals surface area (Å²) >= 11 is 0. The molecule has 4 heteroatoms. The zero-order valence-corrected chi connectivity index (χ0v) is 12.1. The monoisotopic (exact) mass is 275 g/mol. The lowest BCUT2D eigenvalue weighted by Gasteiger charge is -2.45. The van der Waals surface area contributed by atoms with Crippen LogP contribution in [0.1, 0.15) is 56.6 Å². The van der Waals surface area contributed by atoms with Gasteiger partial charge in [-0.3, -0.25) is 16.3 Å². The highest BCUT2D eigenvalue weighted by Gasteiger charge is 2.40. The van der Waals surface area contributed by atoms with Gasteiger partial charge in [0.2, 0.25) is 0 Å². The third kappa shape index (κ3) is 2.87. The second kappa shape index (κ2) is 6.20. The number of hydrogen-bond acceptors (Lipinski definition) is 4. The molecule has 0 aromatic carbocycles. The summed E-state index contributed by atoms with van der Waals surface area (Å²) in [6.07, 6.45) is 12.3. The molecule has 0 radical (unpaired) electrons. The largest absolute Gasteiger partial charge is 0.375 e. The third-order valence-corrected chi connectivity index (χ3v) is 4.99. The number of hydrazine groups is 1. The van der Waals surface area contributed by atoms with Crippen LogP contribution in [-0.2, 0) is 4.74 Å². The van der Waals surface area contributed by atoms with Crippen LogP contribution in [-0.4, -0.2) is 17.2 Å². The van der Waals surface area contributed by atoms with Crippen LogP contribution in [0.3, 0.4) is 0 Å². The molecule has 2 aliphatic rings. The number of rotatable bonds is 3. The van der Waals surface area contributed by atoms with E-state index < -0.39 is 0 Å². The number of nitrogens with one attached hydrogen (secondary N) is 1. The van der Waals surface area contributed by atoms with Crippen molar-refractivity contribution in [3.05, 3.63) is 30.1 Å². The number of hydrogen-bond donors (Lipinski definition) is 2. The van der Waals surface area contributed by atoms with Crippen molar-refractivity contribution in [1.29, 1.82) is 0 Å². The van der Waals surface area contributed by atoms with Gasteiger partial charge in [-0.15, -0.1) is 0 Å². The highest BCUT2D eigenvalue weighted by molar-refractivity contribution is 5.15. The molecule has 1 saturated heterocycles. The summed E-state index contributed by atoms with van der Waals surface area (Å²) in [4.78, 5) is 4.23. The Morgan fingerprint density at radius 3 is 2.90 bits per heavy atom. The fraction of sp³-hybridized carbons (Fsp3) is 0.688. The van der Waals surface area contributed by atoms with Gasteiger partial charge < -0.3 is 4.74 Å². The van der Waals surface area contributed by atoms with Crippen molar-refractivity contribution in [3.8, 4) is 0 Å². The van der Waals surface area contributed by atoms with Crippen LogP contribution in [0, 0.1) is 5.92 Å². The molecular formula is C16H25N3O. The van der Waals surface area contributed by atoms with E-state index in [2.05, 4.69) is 16.5 Å². The Morgan fingerprint density at radius 2 is 2.20 bits per heavy atom. The van der Waals surface area contributed by atoms with Crippen LogP contribution in [0.25, 0.3) is 0 Å². The fourth-order valence-electron chi connectivity index (χ4n) is 3.96. The van der Waals surface area contributed by atoms with E-state index in [9.17, 15) is 0 Å². The van der Waals surface area contributed by atoms with E-state index in [0.29, 0.717) is 5.92 Å². The molecule has 1 aliphatic heterocycles. The fourth-order valence-corrected chi connectivity index (χ4v) is 3.96. The molecule has 1 aliphatic carbocycles. The summed E-state index contributed by atoms with van der Waals surface area (Å²) in [5, 5.41) is 0. The van der Waals surface area contributed by atoms with Crippen molar-refractivity contribution in [3.63, 3.8) is 0 Å². The summed E-state index contributed by atoms with van der Waals surface area (Å²) in [6, 6.07) is 4.28. The Kier molecular flexibility index (Phi) is 4.34. The maximum atomic E-state index is 6.18. The van der Waals surface area contributed by atoms with Gasteiger partial charge >= 0.3 is 0 Å². The molecule has 20 heavy (non-hydrogen) atoms. The molecule has 0 bridgehead atoms. The quantitative estimate of drug-likeness (QED) is 0.658. The Balaban J connectivity index is 1.75. The van der Waals surface area contributed by atoms with E-state index in [1.54, 1.807) is 0 Å². The van der Waals surface area contributed by atoms with Crippen LogP contribution in [0.5, 0.6) is 0 Å². The third-order valence-electron chi connectivity index (χ3n) is 4.99. The molecule has 1 aromatic rings. The summed E-state index contributed by atoms with van der Waals surface area (Å²) in [5.41, 5.74) is 4.33. The number of pyridine rings is 1. The second-order valence-electron chi connectivity index (χ2n) is 6.28. The van der Waals surface area contributed by atoms with Crippen LogP contribution in [0.2, 0.25) is 0 Å². The topological polar surface area (TPSA) is 60.2 Å². The van der Waals surface area contributed by atoms with Crippen molar-refractivity contribution >= 4 is 0 Å². The first kappa shape index (κ1) is 14.0. The van der Waals surface area contributed by atoms with Crippen molar-refractivity contribution in [2.45, 2.75) is 56.6 Å². The van der Waals surface area contributed by atoms with Gasteiger partial charge in [-0.25, -0.2) is 0 Å². The van der Waals surface area contributed by atoms with E-state index in [4.69, 9.17) is 10.6 Å². The summed E-state index contributed by atoms with van der Waals surface area (Å²) in [6.45, 7) is 0.864. The van der Waals surface area contributed by atoms with Gasteiger partial charge in [0.05, 0.1) is 11.6 Å². The smallest absolute Gasteiger partial charge is 0.0686 e. The normalized spacial score (nSPS) is 27.4. The average molecular weight is 275 g/mol. The second-order valence-corrected chi connectivity index (χ2v) is 6.28. The van der Waals surface area contributed by atoms with Crippen LogP contribution < -0.4 is 11.3 Å². The first-order chi connectivity index (χ1) is 9.83. The standard InChI is InChI=1S/C16H25N3O/c17-19-15(14-5-4-9-18-12-14)13-6-10-20-16(11-13)7-2-1-3-8-16/h4-5,9,12-13,15,19H,1-3,6-8,10-11,17H2. The highest BCUT2D eigenvalue weighted by Crippen LogP contribution is 2.43. The first-order valence-electron chi connectivity index (χ1n) is 7.83. The van der Waals surface area contributed by atoms with Crippen molar-refractivity contribution in [1.82, 2.24) is 10.4 Å². The molecule has 1 aromatic heterocycles. The van der Waals surface area contributed by atoms with Crippen LogP contribution in [0.15, 0.2) is 24.5 Å². The minimum atomic E-state index is 0.123. The number of nitrogens with zero attached hydrogens (tertiary/aromatic N) is 1. The van der Waals surface area contributed by atoms with Gasteiger partial charge in [0.15, 0.2) is 0 Å². The average Bonchev–Trinajstić information content (AvgIpc) is 2.50. The number of nitrogens with two attached hydrogens (primary N) is 1. The van der Waals surface area contributed by atoms with Gasteiger partial charge in [-0.1, -0.05) is 25.3 Å². The Morgan fingerprint density at radius 1 is 1.35 bits per heavy atom. The molecule has 2 heterocycles. The van der Waals surface area contributed by atoms with Gasteiger partial charge in [-0.2, -0.15) is 0 Å². The maximum absolute atomic E-state index is 6.18. The molecule has 1 saturated carbocycles. The van der Waals surface area contributed by atoms with Crippen molar-refractivity contribution < 1.29 is 4.74 Å². The molecule has 110 valence electrons. The maximum Gasteiger partial charge on any atom is 0.0686 e. The molecule has 3 rings (SSSR count). The zero-order chi connectivity index (χ0) is 13.8. The van der Waals surface area contributed by atoms with E-state index in [1.807, 2.05) is 18.5 Å². The van der Waals surface area contributed by atoms with E-state index >= 15 is 0 Å². The lowest BCUT2D eigenvalue weighted by Crippen LogP contribution is -2.45. The van der Waals surface area contributed by atoms with Gasteiger partial charge in [0.25, 0.3) is 0 Å². The molecule has 3 N–H and O–H groups in total. The summed E-state index contributed by atoms with van der Waals surface area (Å²) in [5.74, 6) is 6.37. The Hall–Kier alpha value is -0.970. The predicted octanol–water partition coefficient (Wildman–Crippen LogP) is 2.72. The SMILES string of the molecule is NNC(c1cccnc1)C1CCOC2(CCCCC2)C1. The zero-order valence-electron chi connectivity index (χ0n) is 12.1. The van der Waals surface area contributed by atoms with Crippen LogP contribution >= 0.6 is 0 Å². The summed E-state index contributed by atoms with van der Waals surface area (Å²) in [7, 11) is 0. The Labute approximate surface area is 121 Å². The number of ether oxygens (including phenoxy) is 1. The lowest BCUT2D eigenvalue weighted by molar-refractivity contribution is -0.122. The van der Waals surface area contributed by atoms with Crippen molar-refractivity contribution in [2.75, 3.05) is 6.61 Å². The molecule has 0 amide bonds. The Bertz CT molecular complexity index is 411. The van der Waals surface area contributed by atoms with Gasteiger partial charge in [0.1, 0.15) is 0 Å². The first-order valence-corrected chi connectivity index (χ1v) is 7.83. The minimum absolute atomic E-state index is 0.123. The molecule has 1 spiro atoms. The lowest BCUT2D eigenvalue weighted by atomic mass is 9.73. The van der Waals surface area contributed by atoms with Crippen molar-refractivity contribution in [2.24, 2.45) is 11.8 Å². The molecular weight excluding hydrogens is 250 g/mol. The van der Waals surface area contributed by atoms with E-state index in [1.165, 1.54) is 37.7 Å². The van der Waals surface area contributed by atoms with E-state index in [-0.39, 0.29) is 11.6 Å². The molecule has 2 unspecified atom stereocenters. The van der Waals surface area contributed by atoms with Gasteiger partial charge in [-0.05, 0) is 43.2 Å². The summed E-state index contributed by atoms with van der Waals surface area (Å²) < 4.78 is 6.18. The van der Waals surface area contributed by atoms with Crippen LogP contribution in [0.4, 0.5) is 0 Å². The van der Waals surface area contributed by atoms with E-state index in [0.717, 1.165) is 19.4 Å². The number of aromatic nitrogens is 1. The molecule has 4 nitrogen and oxygen atoms in total. The molecule has 2 fully saturated rings. The minimum Gasteiger partial charge on any atom is -0.375 e. The predicted molar refractivity (Wildman–Crippen MR) is 78.8 cm³/mol. The molecule has 2 atom stereocenters. The van der Waals surface area contributed by atoms with Gasteiger partial charge in [0, 0.05) is 19.0 Å².